The van der Waals surface area contributed by atoms with E-state index in [0.717, 1.165) is 11.1 Å². The van der Waals surface area contributed by atoms with Crippen LogP contribution in [-0.4, -0.2) is 72.8 Å². The molecule has 2 atom stereocenters. The highest BCUT2D eigenvalue weighted by Gasteiger charge is 2.56. The molecule has 0 aromatic heterocycles. The maximum Gasteiger partial charge on any atom is 0.306 e. The third-order valence-electron chi connectivity index (χ3n) is 7.86. The number of aliphatic hydroxyl groups excluding tert-OH is 1. The maximum absolute atomic E-state index is 14.7. The number of sulfone groups is 1. The summed E-state index contributed by atoms with van der Waals surface area (Å²) in [5.41, 5.74) is -0.0979. The van der Waals surface area contributed by atoms with Crippen molar-refractivity contribution in [1.29, 1.82) is 0 Å². The van der Waals surface area contributed by atoms with Crippen LogP contribution in [0.1, 0.15) is 62.8 Å². The number of esters is 1. The van der Waals surface area contributed by atoms with Crippen molar-refractivity contribution in [1.82, 2.24) is 4.90 Å². The molecule has 0 saturated carbocycles. The van der Waals surface area contributed by atoms with Crippen molar-refractivity contribution in [2.75, 3.05) is 25.5 Å². The Morgan fingerprint density at radius 1 is 1.04 bits per heavy atom. The highest BCUT2D eigenvalue weighted by atomic mass is 32.2. The minimum atomic E-state index is -3.69. The Morgan fingerprint density at radius 2 is 1.74 bits per heavy atom. The van der Waals surface area contributed by atoms with Crippen LogP contribution in [0, 0.1) is 0 Å². The normalized spacial score (nSPS) is 19.4. The van der Waals surface area contributed by atoms with Crippen LogP contribution in [-0.2, 0) is 35.4 Å². The highest BCUT2D eigenvalue weighted by Crippen LogP contribution is 2.47. The fraction of sp³-hybridized carbons (Fsp3) is 0.400. The summed E-state index contributed by atoms with van der Waals surface area (Å²) in [6, 6.07) is 22.7. The number of aliphatic hydroxyl groups is 1. The van der Waals surface area contributed by atoms with Crippen LogP contribution in [0.4, 0.5) is 0 Å². The summed E-state index contributed by atoms with van der Waals surface area (Å²) in [4.78, 5) is 34.3. The fourth-order valence-corrected chi connectivity index (χ4v) is 6.93. The maximum atomic E-state index is 14.7. The van der Waals surface area contributed by atoms with Gasteiger partial charge in [-0.15, -0.1) is 0 Å². The first-order valence-corrected chi connectivity index (χ1v) is 17.0. The molecular formula is C35H40N2O8S. The molecule has 1 amide bonds. The van der Waals surface area contributed by atoms with E-state index in [9.17, 15) is 18.0 Å². The Hall–Kier alpha value is -4.22. The second-order valence-corrected chi connectivity index (χ2v) is 14.5. The lowest BCUT2D eigenvalue weighted by atomic mass is 9.83. The van der Waals surface area contributed by atoms with Crippen molar-refractivity contribution in [3.05, 3.63) is 95.6 Å². The number of nitrogens with zero attached hydrogens (tertiary/aromatic N) is 2. The molecule has 3 aromatic carbocycles. The van der Waals surface area contributed by atoms with Gasteiger partial charge in [-0.1, -0.05) is 42.5 Å². The second-order valence-electron chi connectivity index (χ2n) is 12.4. The van der Waals surface area contributed by atoms with E-state index in [1.165, 1.54) is 17.0 Å². The SMILES string of the molecule is CC(C)(C)OC(=O)CC[C@]12N=C(c3ccc(OCCCO)cc3)O[C@H]1c1ccccc1CN(CCS(=O)(=O)c1ccccc1)C2=O. The van der Waals surface area contributed by atoms with Gasteiger partial charge in [0, 0.05) is 43.7 Å². The lowest BCUT2D eigenvalue weighted by Crippen LogP contribution is -2.49. The summed E-state index contributed by atoms with van der Waals surface area (Å²) in [6.45, 7) is 5.82. The molecule has 11 heteroatoms. The number of benzene rings is 3. The van der Waals surface area contributed by atoms with Crippen molar-refractivity contribution in [2.24, 2.45) is 4.99 Å². The average Bonchev–Trinajstić information content (AvgIpc) is 3.39. The molecule has 10 nitrogen and oxygen atoms in total. The molecule has 0 unspecified atom stereocenters. The predicted molar refractivity (Wildman–Crippen MR) is 172 cm³/mol. The molecule has 2 heterocycles. The van der Waals surface area contributed by atoms with Crippen LogP contribution in [0.2, 0.25) is 0 Å². The lowest BCUT2D eigenvalue weighted by molar-refractivity contribution is -0.155. The summed E-state index contributed by atoms with van der Waals surface area (Å²) in [7, 11) is -3.69. The van der Waals surface area contributed by atoms with Crippen LogP contribution in [0.3, 0.4) is 0 Å². The van der Waals surface area contributed by atoms with Gasteiger partial charge in [0.05, 0.1) is 17.3 Å². The van der Waals surface area contributed by atoms with E-state index in [-0.39, 0.29) is 49.1 Å². The average molecular weight is 649 g/mol. The fourth-order valence-electron chi connectivity index (χ4n) is 5.66. The van der Waals surface area contributed by atoms with Crippen molar-refractivity contribution >= 4 is 27.6 Å². The van der Waals surface area contributed by atoms with Crippen LogP contribution in [0.25, 0.3) is 0 Å². The van der Waals surface area contributed by atoms with Crippen LogP contribution in [0.5, 0.6) is 5.75 Å². The van der Waals surface area contributed by atoms with Crippen molar-refractivity contribution in [3.8, 4) is 5.75 Å². The summed E-state index contributed by atoms with van der Waals surface area (Å²) in [5, 5.41) is 9.04. The first-order valence-electron chi connectivity index (χ1n) is 15.4. The number of hydrogen-bond acceptors (Lipinski definition) is 9. The van der Waals surface area contributed by atoms with Gasteiger partial charge >= 0.3 is 5.97 Å². The molecule has 3 aromatic rings. The molecule has 0 bridgehead atoms. The number of carbonyl (C=O) groups is 2. The van der Waals surface area contributed by atoms with Gasteiger partial charge in [0.15, 0.2) is 21.5 Å². The minimum absolute atomic E-state index is 0.00641. The van der Waals surface area contributed by atoms with E-state index in [0.29, 0.717) is 24.3 Å². The third-order valence-corrected chi connectivity index (χ3v) is 9.57. The smallest absolute Gasteiger partial charge is 0.306 e. The standard InChI is InChI=1S/C35H40N2O8S/c1-34(2,3)45-30(39)18-19-35-31(44-32(36-35)25-14-16-27(17-15-25)43-22-9-21-38)29-13-8-7-10-26(29)24-37(33(35)40)20-23-46(41,42)28-11-5-4-6-12-28/h4-8,10-17,31,38H,9,18-24H2,1-3H3/t31-,35-/m0/s1. The van der Waals surface area contributed by atoms with Gasteiger partial charge in [0.1, 0.15) is 11.4 Å². The van der Waals surface area contributed by atoms with E-state index in [1.807, 2.05) is 24.3 Å². The van der Waals surface area contributed by atoms with Gasteiger partial charge in [-0.2, -0.15) is 0 Å². The first-order chi connectivity index (χ1) is 21.9. The van der Waals surface area contributed by atoms with E-state index >= 15 is 0 Å². The zero-order valence-corrected chi connectivity index (χ0v) is 27.2. The molecule has 0 spiro atoms. The number of rotatable bonds is 12. The minimum Gasteiger partial charge on any atom is -0.494 e. The predicted octanol–water partition coefficient (Wildman–Crippen LogP) is 4.64. The van der Waals surface area contributed by atoms with Gasteiger partial charge in [-0.3, -0.25) is 9.59 Å². The number of hydrogen-bond donors (Lipinski definition) is 1. The third kappa shape index (κ3) is 7.42. The Labute approximate surface area is 269 Å². The van der Waals surface area contributed by atoms with Crippen LogP contribution in [0.15, 0.2) is 88.8 Å². The van der Waals surface area contributed by atoms with Gasteiger partial charge in [-0.25, -0.2) is 13.4 Å². The molecule has 0 saturated heterocycles. The van der Waals surface area contributed by atoms with Crippen LogP contribution >= 0.6 is 0 Å². The van der Waals surface area contributed by atoms with Gasteiger partial charge in [0.2, 0.25) is 5.90 Å². The second kappa shape index (κ2) is 13.6. The summed E-state index contributed by atoms with van der Waals surface area (Å²) < 4.78 is 44.3. The number of aliphatic imine (C=N–C) groups is 1. The number of fused-ring (bicyclic) bond motifs is 3. The lowest BCUT2D eigenvalue weighted by Gasteiger charge is -2.32. The van der Waals surface area contributed by atoms with Gasteiger partial charge in [-0.05, 0) is 69.2 Å². The Bertz CT molecular complexity index is 1680. The highest BCUT2D eigenvalue weighted by molar-refractivity contribution is 7.91. The molecule has 0 radical (unpaired) electrons. The van der Waals surface area contributed by atoms with E-state index in [1.54, 1.807) is 63.2 Å². The molecule has 2 aliphatic heterocycles. The largest absolute Gasteiger partial charge is 0.494 e. The quantitative estimate of drug-likeness (QED) is 0.222. The molecule has 244 valence electrons. The molecule has 5 rings (SSSR count). The Morgan fingerprint density at radius 3 is 2.43 bits per heavy atom. The Balaban J connectivity index is 1.52. The van der Waals surface area contributed by atoms with Crippen molar-refractivity contribution < 1.29 is 37.3 Å². The van der Waals surface area contributed by atoms with Crippen molar-refractivity contribution in [3.63, 3.8) is 0 Å². The summed E-state index contributed by atoms with van der Waals surface area (Å²) in [6.07, 6.45) is -0.461. The van der Waals surface area contributed by atoms with Gasteiger partial charge in [0.25, 0.3) is 5.91 Å². The number of ether oxygens (including phenoxy) is 3. The molecular weight excluding hydrogens is 608 g/mol. The molecule has 0 aliphatic carbocycles. The molecule has 2 aliphatic rings. The zero-order chi connectivity index (χ0) is 33.0. The zero-order valence-electron chi connectivity index (χ0n) is 26.3. The number of carbonyl (C=O) groups excluding carboxylic acids is 2. The number of amides is 1. The molecule has 0 fully saturated rings. The first kappa shape index (κ1) is 33.2. The summed E-state index contributed by atoms with van der Waals surface area (Å²) >= 11 is 0. The molecule has 46 heavy (non-hydrogen) atoms. The van der Waals surface area contributed by atoms with Crippen LogP contribution < -0.4 is 4.74 Å². The van der Waals surface area contributed by atoms with Gasteiger partial charge < -0.3 is 24.2 Å². The van der Waals surface area contributed by atoms with E-state index in [4.69, 9.17) is 24.3 Å². The van der Waals surface area contributed by atoms with Crippen molar-refractivity contribution in [2.45, 2.75) is 68.7 Å². The Kier molecular flexibility index (Phi) is 9.83. The topological polar surface area (TPSA) is 132 Å². The van der Waals surface area contributed by atoms with E-state index in [2.05, 4.69) is 0 Å². The summed E-state index contributed by atoms with van der Waals surface area (Å²) in [5.74, 6) is -0.334. The van der Waals surface area contributed by atoms with E-state index < -0.39 is 39.0 Å². The molecule has 1 N–H and O–H groups in total. The monoisotopic (exact) mass is 648 g/mol.